The van der Waals surface area contributed by atoms with Crippen LogP contribution in [0.15, 0.2) is 17.5 Å². The first-order valence-electron chi connectivity index (χ1n) is 4.69. The van der Waals surface area contributed by atoms with E-state index in [9.17, 15) is 9.59 Å². The summed E-state index contributed by atoms with van der Waals surface area (Å²) in [5.41, 5.74) is 1.01. The quantitative estimate of drug-likeness (QED) is 0.815. The lowest BCUT2D eigenvalue weighted by Crippen LogP contribution is -2.22. The number of carbonyl (C=O) groups excluding carboxylic acids is 1. The van der Waals surface area contributed by atoms with E-state index in [4.69, 9.17) is 5.11 Å². The Morgan fingerprint density at radius 1 is 1.56 bits per heavy atom. The van der Waals surface area contributed by atoms with Gasteiger partial charge in [-0.2, -0.15) is 0 Å². The minimum atomic E-state index is -0.962. The van der Waals surface area contributed by atoms with E-state index in [1.54, 1.807) is 18.0 Å². The van der Waals surface area contributed by atoms with Crippen LogP contribution in [0.5, 0.6) is 0 Å². The molecule has 1 rings (SSSR count). The molecular weight excluding hydrogens is 226 g/mol. The molecule has 86 valence electrons. The molecule has 0 fully saturated rings. The molecule has 0 aliphatic carbocycles. The second-order valence-electron chi connectivity index (χ2n) is 3.40. The molecule has 0 atom stereocenters. The van der Waals surface area contributed by atoms with Crippen molar-refractivity contribution in [2.45, 2.75) is 13.5 Å². The molecule has 5 heteroatoms. The molecule has 4 nitrogen and oxygen atoms in total. The van der Waals surface area contributed by atoms with Crippen molar-refractivity contribution in [3.8, 4) is 0 Å². The zero-order chi connectivity index (χ0) is 12.1. The molecule has 0 bridgehead atoms. The van der Waals surface area contributed by atoms with Gasteiger partial charge in [-0.1, -0.05) is 0 Å². The van der Waals surface area contributed by atoms with Crippen LogP contribution in [0.2, 0.25) is 0 Å². The number of carboxylic acid groups (broad SMARTS) is 1. The van der Waals surface area contributed by atoms with Crippen LogP contribution in [-0.4, -0.2) is 28.9 Å². The SMILES string of the molecule is CC(=O)N(C)Cc1csc(C=CC(=O)O)c1. The minimum Gasteiger partial charge on any atom is -0.478 e. The van der Waals surface area contributed by atoms with Crippen molar-refractivity contribution < 1.29 is 14.7 Å². The second-order valence-corrected chi connectivity index (χ2v) is 4.35. The summed E-state index contributed by atoms with van der Waals surface area (Å²) in [7, 11) is 1.73. The van der Waals surface area contributed by atoms with Crippen molar-refractivity contribution in [2.24, 2.45) is 0 Å². The van der Waals surface area contributed by atoms with Gasteiger partial charge >= 0.3 is 5.97 Å². The lowest BCUT2D eigenvalue weighted by atomic mass is 10.3. The van der Waals surface area contributed by atoms with Crippen molar-refractivity contribution in [3.63, 3.8) is 0 Å². The fourth-order valence-electron chi connectivity index (χ4n) is 1.10. The average Bonchev–Trinajstić information content (AvgIpc) is 2.62. The zero-order valence-corrected chi connectivity index (χ0v) is 9.95. The van der Waals surface area contributed by atoms with Gasteiger partial charge in [0.25, 0.3) is 0 Å². The number of nitrogens with zero attached hydrogens (tertiary/aromatic N) is 1. The van der Waals surface area contributed by atoms with Gasteiger partial charge in [0.05, 0.1) is 0 Å². The monoisotopic (exact) mass is 239 g/mol. The average molecular weight is 239 g/mol. The van der Waals surface area contributed by atoms with Crippen molar-refractivity contribution in [3.05, 3.63) is 28.0 Å². The summed E-state index contributed by atoms with van der Waals surface area (Å²) in [4.78, 5) is 23.8. The molecule has 0 aromatic carbocycles. The van der Waals surface area contributed by atoms with Crippen LogP contribution >= 0.6 is 11.3 Å². The molecule has 0 saturated heterocycles. The van der Waals surface area contributed by atoms with E-state index in [0.29, 0.717) is 6.54 Å². The summed E-state index contributed by atoms with van der Waals surface area (Å²) in [5, 5.41) is 10.4. The Bertz CT molecular complexity index is 423. The number of aliphatic carboxylic acids is 1. The van der Waals surface area contributed by atoms with Crippen LogP contribution in [0.25, 0.3) is 6.08 Å². The van der Waals surface area contributed by atoms with E-state index in [-0.39, 0.29) is 5.91 Å². The van der Waals surface area contributed by atoms with E-state index in [0.717, 1.165) is 16.5 Å². The third-order valence-electron chi connectivity index (χ3n) is 2.02. The van der Waals surface area contributed by atoms with Crippen LogP contribution in [0, 0.1) is 0 Å². The maximum absolute atomic E-state index is 11.0. The summed E-state index contributed by atoms with van der Waals surface area (Å²) in [6, 6.07) is 1.88. The van der Waals surface area contributed by atoms with Crippen LogP contribution in [0.4, 0.5) is 0 Å². The Kier molecular flexibility index (Phi) is 4.25. The highest BCUT2D eigenvalue weighted by molar-refractivity contribution is 7.11. The molecule has 1 aromatic rings. The van der Waals surface area contributed by atoms with E-state index in [2.05, 4.69) is 0 Å². The van der Waals surface area contributed by atoms with E-state index in [1.807, 2.05) is 11.4 Å². The summed E-state index contributed by atoms with van der Waals surface area (Å²) < 4.78 is 0. The number of rotatable bonds is 4. The van der Waals surface area contributed by atoms with Crippen LogP contribution < -0.4 is 0 Å². The van der Waals surface area contributed by atoms with Crippen molar-refractivity contribution in [2.75, 3.05) is 7.05 Å². The maximum Gasteiger partial charge on any atom is 0.328 e. The first-order valence-corrected chi connectivity index (χ1v) is 5.57. The first kappa shape index (κ1) is 12.4. The summed E-state index contributed by atoms with van der Waals surface area (Å²) >= 11 is 1.46. The third-order valence-corrected chi connectivity index (χ3v) is 2.97. The van der Waals surface area contributed by atoms with Gasteiger partial charge in [-0.05, 0) is 23.1 Å². The molecule has 0 saturated carbocycles. The lowest BCUT2D eigenvalue weighted by Gasteiger charge is -2.12. The van der Waals surface area contributed by atoms with Crippen molar-refractivity contribution in [1.29, 1.82) is 0 Å². The smallest absolute Gasteiger partial charge is 0.328 e. The highest BCUT2D eigenvalue weighted by Gasteiger charge is 2.04. The number of carbonyl (C=O) groups is 2. The second kappa shape index (κ2) is 5.46. The van der Waals surface area contributed by atoms with Gasteiger partial charge in [0.2, 0.25) is 5.91 Å². The van der Waals surface area contributed by atoms with Gasteiger partial charge in [0, 0.05) is 31.5 Å². The predicted octanol–water partition coefficient (Wildman–Crippen LogP) is 1.82. The van der Waals surface area contributed by atoms with Crippen molar-refractivity contribution >= 4 is 29.3 Å². The van der Waals surface area contributed by atoms with Gasteiger partial charge in [-0.15, -0.1) is 11.3 Å². The molecular formula is C11H13NO3S. The maximum atomic E-state index is 11.0. The first-order chi connectivity index (χ1) is 7.49. The molecule has 0 aliphatic heterocycles. The number of hydrogen-bond acceptors (Lipinski definition) is 3. The Balaban J connectivity index is 2.65. The van der Waals surface area contributed by atoms with Gasteiger partial charge in [-0.3, -0.25) is 4.79 Å². The van der Waals surface area contributed by atoms with Gasteiger partial charge in [0.15, 0.2) is 0 Å². The Morgan fingerprint density at radius 3 is 2.81 bits per heavy atom. The normalized spacial score (nSPS) is 10.6. The zero-order valence-electron chi connectivity index (χ0n) is 9.14. The Hall–Kier alpha value is -1.62. The number of carboxylic acids is 1. The standard InChI is InChI=1S/C11H13NO3S/c1-8(13)12(2)6-9-5-10(16-7-9)3-4-11(14)15/h3-5,7H,6H2,1-2H3,(H,14,15). The molecule has 0 aliphatic rings. The predicted molar refractivity (Wildman–Crippen MR) is 63.1 cm³/mol. The number of amides is 1. The highest BCUT2D eigenvalue weighted by Crippen LogP contribution is 2.17. The van der Waals surface area contributed by atoms with Gasteiger partial charge < -0.3 is 10.0 Å². The highest BCUT2D eigenvalue weighted by atomic mass is 32.1. The molecule has 1 aromatic heterocycles. The van der Waals surface area contributed by atoms with Crippen molar-refractivity contribution in [1.82, 2.24) is 4.90 Å². The van der Waals surface area contributed by atoms with Crippen LogP contribution in [0.3, 0.4) is 0 Å². The summed E-state index contributed by atoms with van der Waals surface area (Å²) in [6.07, 6.45) is 2.65. The Labute approximate surface area is 97.8 Å². The molecule has 16 heavy (non-hydrogen) atoms. The van der Waals surface area contributed by atoms with Crippen LogP contribution in [0.1, 0.15) is 17.4 Å². The number of thiophene rings is 1. The minimum absolute atomic E-state index is 0.00817. The molecule has 1 heterocycles. The van der Waals surface area contributed by atoms with Gasteiger partial charge in [0.1, 0.15) is 0 Å². The van der Waals surface area contributed by atoms with E-state index >= 15 is 0 Å². The largest absolute Gasteiger partial charge is 0.478 e. The fraction of sp³-hybridized carbons (Fsp3) is 0.273. The molecule has 0 spiro atoms. The third kappa shape index (κ3) is 3.86. The van der Waals surface area contributed by atoms with Gasteiger partial charge in [-0.25, -0.2) is 4.79 Å². The topological polar surface area (TPSA) is 57.6 Å². The van der Waals surface area contributed by atoms with E-state index < -0.39 is 5.97 Å². The number of hydrogen-bond donors (Lipinski definition) is 1. The Morgan fingerprint density at radius 2 is 2.25 bits per heavy atom. The summed E-state index contributed by atoms with van der Waals surface area (Å²) in [6.45, 7) is 2.06. The molecule has 0 radical (unpaired) electrons. The van der Waals surface area contributed by atoms with Crippen LogP contribution in [-0.2, 0) is 16.1 Å². The molecule has 0 unspecified atom stereocenters. The molecule has 1 N–H and O–H groups in total. The lowest BCUT2D eigenvalue weighted by molar-refractivity contribution is -0.131. The van der Waals surface area contributed by atoms with E-state index in [1.165, 1.54) is 18.3 Å². The fourth-order valence-corrected chi connectivity index (χ4v) is 1.90. The summed E-state index contributed by atoms with van der Waals surface area (Å²) in [5.74, 6) is -0.954. The molecule has 1 amide bonds.